The van der Waals surface area contributed by atoms with E-state index in [4.69, 9.17) is 0 Å². The third-order valence-electron chi connectivity index (χ3n) is 4.60. The Kier molecular flexibility index (Phi) is 9.37. The fourth-order valence-electron chi connectivity index (χ4n) is 2.96. The number of aryl methyl sites for hydroxylation is 2. The molecule has 0 unspecified atom stereocenters. The Labute approximate surface area is 197 Å². The Morgan fingerprint density at radius 1 is 0.893 bits per heavy atom. The zero-order valence-electron chi connectivity index (χ0n) is 15.7. The summed E-state index contributed by atoms with van der Waals surface area (Å²) >= 11 is 0. The van der Waals surface area contributed by atoms with Crippen LogP contribution >= 0.6 is 0 Å². The minimum absolute atomic E-state index is 0. The molecule has 0 aliphatic carbocycles. The van der Waals surface area contributed by atoms with Crippen LogP contribution in [0.2, 0.25) is 0 Å². The standard InChI is InChI=1S/C16H11N2.C7H9.2ClH.Zr/c1-2-6-13-10-15(9-12(13)5-1)18-11-14-7-3-4-8-16(14)17-18;1-6-4-3-5-7(6)2;;;/h1-11H;3-5H,1-2H3;2*1H;/q2*-1;;;+4/p-2. The maximum atomic E-state index is 4.59. The summed E-state index contributed by atoms with van der Waals surface area (Å²) in [6, 6.07) is 27.2. The minimum Gasteiger partial charge on any atom is -1.00 e. The van der Waals surface area contributed by atoms with Crippen molar-refractivity contribution >= 4 is 21.7 Å². The van der Waals surface area contributed by atoms with Crippen LogP contribution in [0.4, 0.5) is 0 Å². The maximum absolute atomic E-state index is 4.59. The van der Waals surface area contributed by atoms with Gasteiger partial charge in [0.15, 0.2) is 0 Å². The first kappa shape index (κ1) is 24.4. The maximum Gasteiger partial charge on any atom is 4.00 e. The van der Waals surface area contributed by atoms with Gasteiger partial charge in [-0.3, -0.25) is 4.68 Å². The molecule has 5 aromatic rings. The molecule has 140 valence electrons. The van der Waals surface area contributed by atoms with E-state index in [0.717, 1.165) is 11.2 Å². The largest absolute Gasteiger partial charge is 4.00 e. The van der Waals surface area contributed by atoms with Gasteiger partial charge in [-0.1, -0.05) is 38.1 Å². The molecule has 0 saturated carbocycles. The van der Waals surface area contributed by atoms with Crippen LogP contribution in [0.15, 0.2) is 85.1 Å². The van der Waals surface area contributed by atoms with E-state index in [1.807, 2.05) is 22.9 Å². The van der Waals surface area contributed by atoms with Crippen LogP contribution < -0.4 is 24.8 Å². The number of halogens is 2. The summed E-state index contributed by atoms with van der Waals surface area (Å²) < 4.78 is 1.95. The van der Waals surface area contributed by atoms with E-state index in [2.05, 4.69) is 85.8 Å². The topological polar surface area (TPSA) is 17.8 Å². The van der Waals surface area contributed by atoms with Crippen LogP contribution in [0.5, 0.6) is 0 Å². The van der Waals surface area contributed by atoms with Crippen LogP contribution in [0.1, 0.15) is 11.1 Å². The fraction of sp³-hybridized carbons (Fsp3) is 0.0870. The Morgan fingerprint density at radius 3 is 2.14 bits per heavy atom. The number of aromatic nitrogens is 2. The van der Waals surface area contributed by atoms with E-state index in [1.54, 1.807) is 0 Å². The van der Waals surface area contributed by atoms with Gasteiger partial charge in [0.05, 0.1) is 5.52 Å². The molecule has 0 aliphatic rings. The molecule has 4 aromatic carbocycles. The Morgan fingerprint density at radius 2 is 1.57 bits per heavy atom. The van der Waals surface area contributed by atoms with Crippen molar-refractivity contribution in [3.63, 3.8) is 0 Å². The van der Waals surface area contributed by atoms with E-state index in [-0.39, 0.29) is 51.0 Å². The molecule has 5 heteroatoms. The molecule has 0 N–H and O–H groups in total. The van der Waals surface area contributed by atoms with Crippen molar-refractivity contribution in [2.75, 3.05) is 0 Å². The molecule has 1 aromatic heterocycles. The summed E-state index contributed by atoms with van der Waals surface area (Å²) in [5, 5.41) is 8.28. The quantitative estimate of drug-likeness (QED) is 0.304. The van der Waals surface area contributed by atoms with Gasteiger partial charge in [-0.2, -0.15) is 22.3 Å². The predicted molar refractivity (Wildman–Crippen MR) is 106 cm³/mol. The zero-order valence-corrected chi connectivity index (χ0v) is 19.7. The third kappa shape index (κ3) is 5.23. The number of nitrogens with zero attached hydrogens (tertiary/aromatic N) is 2. The SMILES string of the molecule is Cc1ccc[c-]1C.[Cl-].[Cl-].[Zr+4].c1ccc2[cH-]c(-n3cc4ccccc4n3)cc2c1. The van der Waals surface area contributed by atoms with Gasteiger partial charge in [-0.25, -0.2) is 12.1 Å². The molecule has 0 bridgehead atoms. The molecule has 1 heterocycles. The Hall–Kier alpha value is -1.67. The second-order valence-electron chi connectivity index (χ2n) is 6.37. The first-order valence-corrected chi connectivity index (χ1v) is 8.50. The number of fused-ring (bicyclic) bond motifs is 2. The molecule has 2 nitrogen and oxygen atoms in total. The summed E-state index contributed by atoms with van der Waals surface area (Å²) in [5.41, 5.74) is 4.93. The second-order valence-corrected chi connectivity index (χ2v) is 6.37. The first-order chi connectivity index (χ1) is 12.2. The Bertz CT molecular complexity index is 983. The fourth-order valence-corrected chi connectivity index (χ4v) is 2.96. The molecule has 0 spiro atoms. The van der Waals surface area contributed by atoms with Gasteiger partial charge in [0.1, 0.15) is 0 Å². The minimum atomic E-state index is 0. The summed E-state index contributed by atoms with van der Waals surface area (Å²) in [6.45, 7) is 4.24. The molecule has 0 saturated heterocycles. The van der Waals surface area contributed by atoms with Crippen LogP contribution in [0.25, 0.3) is 27.4 Å². The molecule has 0 amide bonds. The van der Waals surface area contributed by atoms with E-state index in [9.17, 15) is 0 Å². The second kappa shape index (κ2) is 10.8. The van der Waals surface area contributed by atoms with Gasteiger partial charge in [-0.05, 0) is 11.8 Å². The van der Waals surface area contributed by atoms with Gasteiger partial charge in [0.25, 0.3) is 0 Å². The van der Waals surface area contributed by atoms with Gasteiger partial charge in [-0.15, -0.1) is 41.1 Å². The third-order valence-corrected chi connectivity index (χ3v) is 4.60. The number of hydrogen-bond donors (Lipinski definition) is 0. The average Bonchev–Trinajstić information content (AvgIpc) is 3.33. The normalized spacial score (nSPS) is 9.64. The predicted octanol–water partition coefficient (Wildman–Crippen LogP) is -0.0746. The molecule has 0 radical (unpaired) electrons. The van der Waals surface area contributed by atoms with Crippen molar-refractivity contribution in [2.45, 2.75) is 13.8 Å². The number of benzene rings is 2. The van der Waals surface area contributed by atoms with Crippen LogP contribution in [0, 0.1) is 13.8 Å². The molecule has 5 rings (SSSR count). The molecular weight excluding hydrogens is 466 g/mol. The van der Waals surface area contributed by atoms with E-state index in [1.165, 1.54) is 27.3 Å². The first-order valence-electron chi connectivity index (χ1n) is 8.50. The number of hydrogen-bond acceptors (Lipinski definition) is 1. The van der Waals surface area contributed by atoms with Crippen molar-refractivity contribution in [3.8, 4) is 5.69 Å². The van der Waals surface area contributed by atoms with Crippen LogP contribution in [-0.2, 0) is 26.2 Å². The van der Waals surface area contributed by atoms with E-state index >= 15 is 0 Å². The van der Waals surface area contributed by atoms with E-state index < -0.39 is 0 Å². The van der Waals surface area contributed by atoms with Gasteiger partial charge in [0.2, 0.25) is 0 Å². The van der Waals surface area contributed by atoms with Crippen molar-refractivity contribution < 1.29 is 51.0 Å². The van der Waals surface area contributed by atoms with Gasteiger partial charge < -0.3 is 24.8 Å². The van der Waals surface area contributed by atoms with Gasteiger partial charge >= 0.3 is 26.2 Å². The Balaban J connectivity index is 0.000000341. The van der Waals surface area contributed by atoms with Crippen molar-refractivity contribution in [3.05, 3.63) is 96.2 Å². The summed E-state index contributed by atoms with van der Waals surface area (Å²) in [5.74, 6) is 0. The summed E-state index contributed by atoms with van der Waals surface area (Å²) in [4.78, 5) is 0. The van der Waals surface area contributed by atoms with Crippen molar-refractivity contribution in [2.24, 2.45) is 0 Å². The van der Waals surface area contributed by atoms with Crippen molar-refractivity contribution in [1.82, 2.24) is 9.78 Å². The number of rotatable bonds is 1. The molecule has 0 aliphatic heterocycles. The molecular formula is C23H20Cl2N2Zr. The van der Waals surface area contributed by atoms with Crippen LogP contribution in [0.3, 0.4) is 0 Å². The monoisotopic (exact) mass is 484 g/mol. The molecule has 0 atom stereocenters. The molecule has 0 fully saturated rings. The van der Waals surface area contributed by atoms with Gasteiger partial charge in [0, 0.05) is 11.6 Å². The summed E-state index contributed by atoms with van der Waals surface area (Å²) in [6.07, 6.45) is 2.07. The van der Waals surface area contributed by atoms with E-state index in [0.29, 0.717) is 0 Å². The summed E-state index contributed by atoms with van der Waals surface area (Å²) in [7, 11) is 0. The zero-order chi connectivity index (χ0) is 17.2. The van der Waals surface area contributed by atoms with Crippen molar-refractivity contribution in [1.29, 1.82) is 0 Å². The average molecular weight is 487 g/mol. The smallest absolute Gasteiger partial charge is 1.00 e. The molecule has 28 heavy (non-hydrogen) atoms. The van der Waals surface area contributed by atoms with Crippen LogP contribution in [-0.4, -0.2) is 9.78 Å².